The van der Waals surface area contributed by atoms with Crippen molar-refractivity contribution in [2.24, 2.45) is 0 Å². The Labute approximate surface area is 154 Å². The number of alkyl halides is 2. The summed E-state index contributed by atoms with van der Waals surface area (Å²) in [5, 5.41) is 0. The van der Waals surface area contributed by atoms with Crippen molar-refractivity contribution < 1.29 is 23.1 Å². The fraction of sp³-hybridized carbons (Fsp3) is 0.250. The fourth-order valence-corrected chi connectivity index (χ4v) is 2.73. The number of aromatic nitrogens is 2. The smallest absolute Gasteiger partial charge is 0.320 e. The van der Waals surface area contributed by atoms with Crippen LogP contribution in [0.15, 0.2) is 48.5 Å². The molecule has 140 valence electrons. The Balaban J connectivity index is 1.59. The summed E-state index contributed by atoms with van der Waals surface area (Å²) in [7, 11) is 0. The van der Waals surface area contributed by atoms with Gasteiger partial charge in [-0.3, -0.25) is 14.2 Å². The van der Waals surface area contributed by atoms with Crippen LogP contribution in [-0.2, 0) is 16.1 Å². The van der Waals surface area contributed by atoms with Gasteiger partial charge in [-0.05, 0) is 19.1 Å². The number of ketones is 1. The van der Waals surface area contributed by atoms with E-state index in [-0.39, 0.29) is 36.6 Å². The van der Waals surface area contributed by atoms with Gasteiger partial charge in [0.2, 0.25) is 0 Å². The third kappa shape index (κ3) is 4.36. The molecule has 7 heteroatoms. The predicted octanol–water partition coefficient (Wildman–Crippen LogP) is 4.45. The van der Waals surface area contributed by atoms with Gasteiger partial charge in [-0.25, -0.2) is 4.98 Å². The SMILES string of the molecule is Cc1ccc(C(=O)CCC(=O)OCc2nc3ccccc3n2C(F)F)cc1. The molecule has 3 aromatic rings. The van der Waals surface area contributed by atoms with E-state index in [9.17, 15) is 18.4 Å². The van der Waals surface area contributed by atoms with Crippen molar-refractivity contribution in [2.45, 2.75) is 32.9 Å². The lowest BCUT2D eigenvalue weighted by atomic mass is 10.1. The van der Waals surface area contributed by atoms with Crippen LogP contribution >= 0.6 is 0 Å². The van der Waals surface area contributed by atoms with Crippen molar-refractivity contribution in [3.05, 3.63) is 65.5 Å². The van der Waals surface area contributed by atoms with Gasteiger partial charge in [0.25, 0.3) is 0 Å². The van der Waals surface area contributed by atoms with Crippen LogP contribution in [0.25, 0.3) is 11.0 Å². The summed E-state index contributed by atoms with van der Waals surface area (Å²) in [6, 6.07) is 13.5. The van der Waals surface area contributed by atoms with Gasteiger partial charge in [-0.1, -0.05) is 42.0 Å². The number of nitrogens with zero attached hydrogens (tertiary/aromatic N) is 2. The average Bonchev–Trinajstić information content (AvgIpc) is 3.03. The van der Waals surface area contributed by atoms with E-state index in [4.69, 9.17) is 4.74 Å². The Morgan fingerprint density at radius 3 is 2.48 bits per heavy atom. The molecule has 1 heterocycles. The van der Waals surface area contributed by atoms with E-state index in [1.165, 1.54) is 6.07 Å². The van der Waals surface area contributed by atoms with E-state index >= 15 is 0 Å². The summed E-state index contributed by atoms with van der Waals surface area (Å²) >= 11 is 0. The number of halogens is 2. The number of aryl methyl sites for hydroxylation is 1. The normalized spacial score (nSPS) is 11.1. The number of hydrogen-bond donors (Lipinski definition) is 0. The molecule has 0 N–H and O–H groups in total. The lowest BCUT2D eigenvalue weighted by Gasteiger charge is -2.08. The number of Topliss-reactive ketones (excluding diaryl/α,β-unsaturated/α-hetero) is 1. The molecule has 0 aliphatic heterocycles. The van der Waals surface area contributed by atoms with Gasteiger partial charge in [0.1, 0.15) is 6.61 Å². The molecule has 0 aliphatic carbocycles. The van der Waals surface area contributed by atoms with Crippen LogP contribution in [-0.4, -0.2) is 21.3 Å². The van der Waals surface area contributed by atoms with E-state index < -0.39 is 12.5 Å². The molecule has 0 fully saturated rings. The van der Waals surface area contributed by atoms with Crippen LogP contribution in [0.1, 0.15) is 41.1 Å². The minimum atomic E-state index is -2.80. The summed E-state index contributed by atoms with van der Waals surface area (Å²) in [5.41, 5.74) is 2.23. The van der Waals surface area contributed by atoms with E-state index in [0.29, 0.717) is 11.1 Å². The number of carbonyl (C=O) groups is 2. The number of esters is 1. The second-order valence-corrected chi connectivity index (χ2v) is 6.11. The third-order valence-corrected chi connectivity index (χ3v) is 4.16. The molecule has 3 rings (SSSR count). The summed E-state index contributed by atoms with van der Waals surface area (Å²) in [6.07, 6.45) is -0.130. The largest absolute Gasteiger partial charge is 0.457 e. The Kier molecular flexibility index (Phi) is 5.59. The van der Waals surface area contributed by atoms with Crippen molar-refractivity contribution in [2.75, 3.05) is 0 Å². The summed E-state index contributed by atoms with van der Waals surface area (Å²) in [6.45, 7) is -1.26. The Morgan fingerprint density at radius 1 is 1.07 bits per heavy atom. The zero-order valence-electron chi connectivity index (χ0n) is 14.7. The average molecular weight is 372 g/mol. The third-order valence-electron chi connectivity index (χ3n) is 4.16. The molecule has 0 amide bonds. The highest BCUT2D eigenvalue weighted by Gasteiger charge is 2.19. The lowest BCUT2D eigenvalue weighted by Crippen LogP contribution is -2.11. The number of para-hydroxylation sites is 2. The van der Waals surface area contributed by atoms with E-state index in [1.807, 2.05) is 19.1 Å². The van der Waals surface area contributed by atoms with E-state index in [0.717, 1.165) is 10.1 Å². The summed E-state index contributed by atoms with van der Waals surface area (Å²) in [5.74, 6) is -0.848. The molecule has 1 aromatic heterocycles. The summed E-state index contributed by atoms with van der Waals surface area (Å²) < 4.78 is 32.4. The van der Waals surface area contributed by atoms with Crippen molar-refractivity contribution in [3.8, 4) is 0 Å². The van der Waals surface area contributed by atoms with Crippen LogP contribution in [0.3, 0.4) is 0 Å². The maximum atomic E-state index is 13.3. The molecule has 27 heavy (non-hydrogen) atoms. The van der Waals surface area contributed by atoms with Crippen LogP contribution in [0.5, 0.6) is 0 Å². The first-order chi connectivity index (χ1) is 13.0. The molecule has 0 bridgehead atoms. The Hall–Kier alpha value is -3.09. The standard InChI is InChI=1S/C20H18F2N2O3/c1-13-6-8-14(9-7-13)17(25)10-11-19(26)27-12-18-23-15-4-2-3-5-16(15)24(18)20(21)22/h2-9,20H,10-12H2,1H3. The zero-order chi connectivity index (χ0) is 19.4. The van der Waals surface area contributed by atoms with Crippen molar-refractivity contribution in [1.82, 2.24) is 9.55 Å². The number of benzene rings is 2. The molecule has 0 spiro atoms. The van der Waals surface area contributed by atoms with Crippen molar-refractivity contribution in [3.63, 3.8) is 0 Å². The fourth-order valence-electron chi connectivity index (χ4n) is 2.73. The monoisotopic (exact) mass is 372 g/mol. The van der Waals surface area contributed by atoms with Gasteiger partial charge in [-0.2, -0.15) is 8.78 Å². The molecular weight excluding hydrogens is 354 g/mol. The number of fused-ring (bicyclic) bond motifs is 1. The minimum Gasteiger partial charge on any atom is -0.457 e. The maximum absolute atomic E-state index is 13.3. The van der Waals surface area contributed by atoms with Gasteiger partial charge in [0.15, 0.2) is 11.6 Å². The first-order valence-electron chi connectivity index (χ1n) is 8.45. The van der Waals surface area contributed by atoms with Gasteiger partial charge >= 0.3 is 12.5 Å². The van der Waals surface area contributed by atoms with Gasteiger partial charge < -0.3 is 4.74 Å². The van der Waals surface area contributed by atoms with E-state index in [1.54, 1.807) is 30.3 Å². The molecule has 0 atom stereocenters. The number of imidazole rings is 1. The molecule has 0 unspecified atom stereocenters. The zero-order valence-corrected chi connectivity index (χ0v) is 14.7. The number of ether oxygens (including phenoxy) is 1. The Morgan fingerprint density at radius 2 is 1.78 bits per heavy atom. The highest BCUT2D eigenvalue weighted by Crippen LogP contribution is 2.23. The Bertz CT molecular complexity index is 965. The van der Waals surface area contributed by atoms with Gasteiger partial charge in [-0.15, -0.1) is 0 Å². The second-order valence-electron chi connectivity index (χ2n) is 6.11. The first-order valence-corrected chi connectivity index (χ1v) is 8.45. The maximum Gasteiger partial charge on any atom is 0.320 e. The molecular formula is C20H18F2N2O3. The first kappa shape index (κ1) is 18.7. The molecule has 0 saturated carbocycles. The minimum absolute atomic E-state index is 0.00679. The van der Waals surface area contributed by atoms with Crippen LogP contribution < -0.4 is 0 Å². The van der Waals surface area contributed by atoms with E-state index in [2.05, 4.69) is 4.98 Å². The number of hydrogen-bond acceptors (Lipinski definition) is 4. The quantitative estimate of drug-likeness (QED) is 0.454. The van der Waals surface area contributed by atoms with Gasteiger partial charge in [0.05, 0.1) is 17.5 Å². The molecule has 5 nitrogen and oxygen atoms in total. The second kappa shape index (κ2) is 8.07. The van der Waals surface area contributed by atoms with Crippen molar-refractivity contribution >= 4 is 22.8 Å². The number of carbonyl (C=O) groups excluding carboxylic acids is 2. The highest BCUT2D eigenvalue weighted by molar-refractivity contribution is 5.97. The topological polar surface area (TPSA) is 61.2 Å². The van der Waals surface area contributed by atoms with Crippen molar-refractivity contribution in [1.29, 1.82) is 0 Å². The number of rotatable bonds is 7. The molecule has 0 radical (unpaired) electrons. The molecule has 0 aliphatic rings. The predicted molar refractivity (Wildman–Crippen MR) is 95.5 cm³/mol. The van der Waals surface area contributed by atoms with Crippen LogP contribution in [0, 0.1) is 6.92 Å². The lowest BCUT2D eigenvalue weighted by molar-refractivity contribution is -0.145. The highest BCUT2D eigenvalue weighted by atomic mass is 19.3. The van der Waals surface area contributed by atoms with Gasteiger partial charge in [0, 0.05) is 12.0 Å². The molecule has 2 aromatic carbocycles. The van der Waals surface area contributed by atoms with Crippen LogP contribution in [0.2, 0.25) is 0 Å². The van der Waals surface area contributed by atoms with Crippen LogP contribution in [0.4, 0.5) is 8.78 Å². The molecule has 0 saturated heterocycles. The summed E-state index contributed by atoms with van der Waals surface area (Å²) in [4.78, 5) is 28.1.